The van der Waals surface area contributed by atoms with Crippen LogP contribution >= 0.6 is 0 Å². The van der Waals surface area contributed by atoms with E-state index in [1.54, 1.807) is 0 Å². The van der Waals surface area contributed by atoms with Gasteiger partial charge in [0.15, 0.2) is 6.29 Å². The summed E-state index contributed by atoms with van der Waals surface area (Å²) in [6, 6.07) is 0. The molecule has 0 radical (unpaired) electrons. The lowest BCUT2D eigenvalue weighted by Gasteiger charge is -2.15. The van der Waals surface area contributed by atoms with E-state index in [0.717, 1.165) is 6.26 Å². The molecule has 0 bridgehead atoms. The molecule has 0 spiro atoms. The standard InChI is InChI=1S/C7H14O6S/c1-14(11,12)13-7(10)6(9)4-2-3-5-8/h5-7,9-10H,2-4H2,1H3. The van der Waals surface area contributed by atoms with Crippen LogP contribution in [0.15, 0.2) is 0 Å². The zero-order valence-corrected chi connectivity index (χ0v) is 8.61. The van der Waals surface area contributed by atoms with Gasteiger partial charge in [0.2, 0.25) is 0 Å². The number of hydrogen-bond acceptors (Lipinski definition) is 6. The Labute approximate surface area is 82.6 Å². The van der Waals surface area contributed by atoms with Crippen molar-refractivity contribution in [2.45, 2.75) is 31.7 Å². The highest BCUT2D eigenvalue weighted by atomic mass is 32.2. The Morgan fingerprint density at radius 2 is 2.00 bits per heavy atom. The summed E-state index contributed by atoms with van der Waals surface area (Å²) in [7, 11) is -3.78. The van der Waals surface area contributed by atoms with Gasteiger partial charge in [0.25, 0.3) is 10.1 Å². The quantitative estimate of drug-likeness (QED) is 0.250. The first-order valence-corrected chi connectivity index (χ1v) is 5.86. The molecule has 0 aliphatic rings. The second kappa shape index (κ2) is 6.07. The minimum atomic E-state index is -3.78. The normalized spacial score (nSPS) is 16.2. The molecule has 0 rings (SSSR count). The third-order valence-electron chi connectivity index (χ3n) is 1.42. The van der Waals surface area contributed by atoms with E-state index in [1.165, 1.54) is 0 Å². The zero-order chi connectivity index (χ0) is 11.2. The number of hydrogen-bond donors (Lipinski definition) is 2. The molecule has 2 unspecified atom stereocenters. The van der Waals surface area contributed by atoms with Crippen molar-refractivity contribution in [3.8, 4) is 0 Å². The summed E-state index contributed by atoms with van der Waals surface area (Å²) in [5, 5.41) is 18.2. The molecule has 0 heterocycles. The Morgan fingerprint density at radius 3 is 2.43 bits per heavy atom. The molecule has 0 amide bonds. The molecular weight excluding hydrogens is 212 g/mol. The van der Waals surface area contributed by atoms with E-state index in [1.807, 2.05) is 0 Å². The second-order valence-corrected chi connectivity index (χ2v) is 4.46. The van der Waals surface area contributed by atoms with Crippen LogP contribution in [0.2, 0.25) is 0 Å². The van der Waals surface area contributed by atoms with Crippen LogP contribution in [0.1, 0.15) is 19.3 Å². The number of aldehydes is 1. The average Bonchev–Trinajstić information content (AvgIpc) is 2.01. The van der Waals surface area contributed by atoms with Crippen molar-refractivity contribution >= 4 is 16.4 Å². The lowest BCUT2D eigenvalue weighted by atomic mass is 10.1. The Bertz CT molecular complexity index is 259. The largest absolute Gasteiger partial charge is 0.388 e. The van der Waals surface area contributed by atoms with Crippen LogP contribution in [-0.2, 0) is 19.1 Å². The molecule has 0 aromatic heterocycles. The van der Waals surface area contributed by atoms with Gasteiger partial charge in [-0.05, 0) is 12.8 Å². The fraction of sp³-hybridized carbons (Fsp3) is 0.857. The molecule has 2 atom stereocenters. The highest BCUT2D eigenvalue weighted by molar-refractivity contribution is 7.86. The van der Waals surface area contributed by atoms with Crippen molar-refractivity contribution in [2.75, 3.05) is 6.26 Å². The molecule has 6 nitrogen and oxygen atoms in total. The maximum atomic E-state index is 10.5. The number of rotatable bonds is 7. The molecule has 84 valence electrons. The molecule has 14 heavy (non-hydrogen) atoms. The van der Waals surface area contributed by atoms with E-state index in [4.69, 9.17) is 10.2 Å². The van der Waals surface area contributed by atoms with Crippen LogP contribution < -0.4 is 0 Å². The van der Waals surface area contributed by atoms with E-state index in [2.05, 4.69) is 4.18 Å². The number of aliphatic hydroxyl groups excluding tert-OH is 2. The monoisotopic (exact) mass is 226 g/mol. The minimum Gasteiger partial charge on any atom is -0.388 e. The van der Waals surface area contributed by atoms with E-state index in [0.29, 0.717) is 12.7 Å². The van der Waals surface area contributed by atoms with Crippen LogP contribution in [0, 0.1) is 0 Å². The van der Waals surface area contributed by atoms with E-state index in [-0.39, 0.29) is 12.8 Å². The molecule has 0 fully saturated rings. The van der Waals surface area contributed by atoms with Crippen LogP contribution in [-0.4, -0.2) is 43.6 Å². The molecule has 0 aliphatic carbocycles. The van der Waals surface area contributed by atoms with Gasteiger partial charge in [0, 0.05) is 6.42 Å². The van der Waals surface area contributed by atoms with Gasteiger partial charge in [-0.2, -0.15) is 8.42 Å². The number of aliphatic hydroxyl groups is 2. The Kier molecular flexibility index (Phi) is 5.86. The SMILES string of the molecule is CS(=O)(=O)OC(O)C(O)CCCC=O. The molecule has 7 heteroatoms. The van der Waals surface area contributed by atoms with Gasteiger partial charge in [-0.15, -0.1) is 0 Å². The van der Waals surface area contributed by atoms with Crippen LogP contribution in [0.3, 0.4) is 0 Å². The average molecular weight is 226 g/mol. The van der Waals surface area contributed by atoms with Crippen LogP contribution in [0.4, 0.5) is 0 Å². The first-order valence-electron chi connectivity index (χ1n) is 4.05. The van der Waals surface area contributed by atoms with Gasteiger partial charge < -0.3 is 15.0 Å². The van der Waals surface area contributed by atoms with Crippen molar-refractivity contribution in [3.05, 3.63) is 0 Å². The first kappa shape index (κ1) is 13.5. The van der Waals surface area contributed by atoms with Crippen molar-refractivity contribution < 1.29 is 27.6 Å². The summed E-state index contributed by atoms with van der Waals surface area (Å²) in [6.07, 6.45) is -0.890. The maximum Gasteiger partial charge on any atom is 0.266 e. The van der Waals surface area contributed by atoms with E-state index < -0.39 is 22.5 Å². The summed E-state index contributed by atoms with van der Waals surface area (Å²) < 4.78 is 25.2. The summed E-state index contributed by atoms with van der Waals surface area (Å²) >= 11 is 0. The van der Waals surface area contributed by atoms with Gasteiger partial charge in [-0.1, -0.05) is 0 Å². The van der Waals surface area contributed by atoms with Crippen molar-refractivity contribution in [1.82, 2.24) is 0 Å². The fourth-order valence-corrected chi connectivity index (χ4v) is 1.28. The minimum absolute atomic E-state index is 0.107. The van der Waals surface area contributed by atoms with Gasteiger partial charge >= 0.3 is 0 Å². The molecule has 0 aromatic rings. The lowest BCUT2D eigenvalue weighted by Crippen LogP contribution is -2.30. The molecule has 2 N–H and O–H groups in total. The smallest absolute Gasteiger partial charge is 0.266 e. The predicted molar refractivity (Wildman–Crippen MR) is 47.9 cm³/mol. The number of carbonyl (C=O) groups is 1. The zero-order valence-electron chi connectivity index (χ0n) is 7.79. The lowest BCUT2D eigenvalue weighted by molar-refractivity contribution is -0.110. The Balaban J connectivity index is 3.87. The predicted octanol–water partition coefficient (Wildman–Crippen LogP) is -0.989. The van der Waals surface area contributed by atoms with Crippen molar-refractivity contribution in [1.29, 1.82) is 0 Å². The van der Waals surface area contributed by atoms with Crippen LogP contribution in [0.5, 0.6) is 0 Å². The van der Waals surface area contributed by atoms with Gasteiger partial charge in [0.05, 0.1) is 6.26 Å². The summed E-state index contributed by atoms with van der Waals surface area (Å²) in [5.74, 6) is 0. The fourth-order valence-electron chi connectivity index (χ4n) is 0.796. The molecule has 0 aliphatic heterocycles. The first-order chi connectivity index (χ1) is 6.37. The van der Waals surface area contributed by atoms with Crippen LogP contribution in [0.25, 0.3) is 0 Å². The molecule has 0 aromatic carbocycles. The van der Waals surface area contributed by atoms with Gasteiger partial charge in [-0.3, -0.25) is 0 Å². The van der Waals surface area contributed by atoms with E-state index in [9.17, 15) is 13.2 Å². The number of carbonyl (C=O) groups excluding carboxylic acids is 1. The van der Waals surface area contributed by atoms with E-state index >= 15 is 0 Å². The number of unbranched alkanes of at least 4 members (excludes halogenated alkanes) is 1. The summed E-state index contributed by atoms with van der Waals surface area (Å²) in [4.78, 5) is 9.91. The second-order valence-electron chi connectivity index (χ2n) is 2.86. The van der Waals surface area contributed by atoms with Crippen molar-refractivity contribution in [3.63, 3.8) is 0 Å². The Hall–Kier alpha value is -0.500. The van der Waals surface area contributed by atoms with Gasteiger partial charge in [-0.25, -0.2) is 4.18 Å². The van der Waals surface area contributed by atoms with Gasteiger partial charge in [0.1, 0.15) is 12.4 Å². The topological polar surface area (TPSA) is 101 Å². The highest BCUT2D eigenvalue weighted by Gasteiger charge is 2.20. The van der Waals surface area contributed by atoms with Crippen molar-refractivity contribution in [2.24, 2.45) is 0 Å². The highest BCUT2D eigenvalue weighted by Crippen LogP contribution is 2.07. The molecular formula is C7H14O6S. The third kappa shape index (κ3) is 6.96. The Morgan fingerprint density at radius 1 is 1.43 bits per heavy atom. The summed E-state index contributed by atoms with van der Waals surface area (Å²) in [5.41, 5.74) is 0. The third-order valence-corrected chi connectivity index (χ3v) is 1.97. The summed E-state index contributed by atoms with van der Waals surface area (Å²) in [6.45, 7) is 0. The maximum absolute atomic E-state index is 10.5. The molecule has 0 saturated carbocycles. The molecule has 0 saturated heterocycles.